The number of benzene rings is 1. The second kappa shape index (κ2) is 5.91. The van der Waals surface area contributed by atoms with Gasteiger partial charge in [0, 0.05) is 5.02 Å². The Kier molecular flexibility index (Phi) is 4.26. The molecule has 96 valence electrons. The molecule has 2 aromatic rings. The molecule has 0 saturated heterocycles. The highest BCUT2D eigenvalue weighted by atomic mass is 35.5. The molecule has 18 heavy (non-hydrogen) atoms. The predicted octanol–water partition coefficient (Wildman–Crippen LogP) is 4.31. The molecule has 0 saturated carbocycles. The first-order chi connectivity index (χ1) is 8.72. The Morgan fingerprint density at radius 2 is 2.17 bits per heavy atom. The van der Waals surface area contributed by atoms with Crippen molar-refractivity contribution in [1.82, 2.24) is 5.16 Å². The molecule has 1 heterocycles. The summed E-state index contributed by atoms with van der Waals surface area (Å²) in [6.45, 7) is 2.18. The SMILES string of the molecule is CCCCCc1noc(N)c1-c1cccc(Cl)c1. The summed E-state index contributed by atoms with van der Waals surface area (Å²) < 4.78 is 5.11. The molecule has 2 N–H and O–H groups in total. The Bertz CT molecular complexity index is 522. The van der Waals surface area contributed by atoms with Crippen LogP contribution in [-0.4, -0.2) is 5.16 Å². The largest absolute Gasteiger partial charge is 0.367 e. The maximum Gasteiger partial charge on any atom is 0.230 e. The number of unbranched alkanes of at least 4 members (excludes halogenated alkanes) is 2. The summed E-state index contributed by atoms with van der Waals surface area (Å²) in [6, 6.07) is 7.59. The van der Waals surface area contributed by atoms with Crippen LogP contribution in [0.2, 0.25) is 5.02 Å². The van der Waals surface area contributed by atoms with Crippen molar-refractivity contribution in [2.45, 2.75) is 32.6 Å². The molecule has 0 aliphatic heterocycles. The molecular formula is C14H17ClN2O. The molecule has 0 amide bonds. The fraction of sp³-hybridized carbons (Fsp3) is 0.357. The Balaban J connectivity index is 2.29. The highest BCUT2D eigenvalue weighted by Crippen LogP contribution is 2.32. The van der Waals surface area contributed by atoms with Crippen molar-refractivity contribution in [1.29, 1.82) is 0 Å². The first-order valence-electron chi connectivity index (χ1n) is 6.22. The zero-order valence-corrected chi connectivity index (χ0v) is 11.2. The van der Waals surface area contributed by atoms with Gasteiger partial charge in [0.25, 0.3) is 0 Å². The van der Waals surface area contributed by atoms with Gasteiger partial charge in [-0.3, -0.25) is 0 Å². The number of nitrogen functional groups attached to an aromatic ring is 1. The van der Waals surface area contributed by atoms with Crippen LogP contribution in [0.5, 0.6) is 0 Å². The summed E-state index contributed by atoms with van der Waals surface area (Å²) in [5.74, 6) is 0.365. The van der Waals surface area contributed by atoms with Crippen molar-refractivity contribution >= 4 is 17.5 Å². The van der Waals surface area contributed by atoms with Crippen molar-refractivity contribution in [3.8, 4) is 11.1 Å². The first kappa shape index (κ1) is 13.0. The van der Waals surface area contributed by atoms with E-state index < -0.39 is 0 Å². The third kappa shape index (κ3) is 2.85. The molecule has 1 aromatic heterocycles. The lowest BCUT2D eigenvalue weighted by molar-refractivity contribution is 0.426. The van der Waals surface area contributed by atoms with Crippen LogP contribution in [0, 0.1) is 0 Å². The van der Waals surface area contributed by atoms with Gasteiger partial charge in [0.1, 0.15) is 0 Å². The number of rotatable bonds is 5. The number of hydrogen-bond donors (Lipinski definition) is 1. The summed E-state index contributed by atoms with van der Waals surface area (Å²) in [6.07, 6.45) is 4.34. The van der Waals surface area contributed by atoms with Crippen LogP contribution in [0.1, 0.15) is 31.9 Å². The molecule has 3 nitrogen and oxygen atoms in total. The molecule has 0 aliphatic carbocycles. The van der Waals surface area contributed by atoms with E-state index in [-0.39, 0.29) is 0 Å². The number of nitrogens with zero attached hydrogens (tertiary/aromatic N) is 1. The number of nitrogens with two attached hydrogens (primary N) is 1. The molecule has 4 heteroatoms. The zero-order chi connectivity index (χ0) is 13.0. The molecule has 0 atom stereocenters. The van der Waals surface area contributed by atoms with Crippen LogP contribution in [0.15, 0.2) is 28.8 Å². The molecule has 1 aromatic carbocycles. The van der Waals surface area contributed by atoms with Gasteiger partial charge in [0.2, 0.25) is 5.88 Å². The molecule has 2 rings (SSSR count). The lowest BCUT2D eigenvalue weighted by Crippen LogP contribution is -1.91. The van der Waals surface area contributed by atoms with E-state index in [2.05, 4.69) is 12.1 Å². The maximum atomic E-state index is 6.00. The second-order valence-electron chi connectivity index (χ2n) is 4.34. The fourth-order valence-corrected chi connectivity index (χ4v) is 2.19. The third-order valence-electron chi connectivity index (χ3n) is 2.92. The van der Waals surface area contributed by atoms with E-state index in [9.17, 15) is 0 Å². The summed E-state index contributed by atoms with van der Waals surface area (Å²) >= 11 is 6.00. The number of halogens is 1. The molecular weight excluding hydrogens is 248 g/mol. The normalized spacial score (nSPS) is 10.8. The van der Waals surface area contributed by atoms with E-state index in [0.29, 0.717) is 10.9 Å². The van der Waals surface area contributed by atoms with Crippen LogP contribution in [0.3, 0.4) is 0 Å². The van der Waals surface area contributed by atoms with Crippen LogP contribution >= 0.6 is 11.6 Å². The Hall–Kier alpha value is -1.48. The monoisotopic (exact) mass is 264 g/mol. The average molecular weight is 265 g/mol. The highest BCUT2D eigenvalue weighted by Gasteiger charge is 2.15. The van der Waals surface area contributed by atoms with Crippen LogP contribution < -0.4 is 5.73 Å². The van der Waals surface area contributed by atoms with Gasteiger partial charge in [-0.05, 0) is 30.5 Å². The van der Waals surface area contributed by atoms with E-state index in [1.165, 1.54) is 12.8 Å². The van der Waals surface area contributed by atoms with Gasteiger partial charge in [0.15, 0.2) is 0 Å². The molecule has 0 aliphatic rings. The molecule has 0 unspecified atom stereocenters. The number of aromatic nitrogens is 1. The molecule has 0 spiro atoms. The standard InChI is InChI=1S/C14H17ClN2O/c1-2-3-4-8-12-13(14(16)18-17-12)10-6-5-7-11(15)9-10/h5-7,9H,2-4,8,16H2,1H3. The van der Waals surface area contributed by atoms with Gasteiger partial charge in [-0.1, -0.05) is 48.7 Å². The lowest BCUT2D eigenvalue weighted by atomic mass is 10.0. The van der Waals surface area contributed by atoms with Crippen LogP contribution in [0.25, 0.3) is 11.1 Å². The smallest absolute Gasteiger partial charge is 0.230 e. The van der Waals surface area contributed by atoms with Crippen LogP contribution in [-0.2, 0) is 6.42 Å². The van der Waals surface area contributed by atoms with Crippen molar-refractivity contribution in [3.63, 3.8) is 0 Å². The zero-order valence-electron chi connectivity index (χ0n) is 10.4. The highest BCUT2D eigenvalue weighted by molar-refractivity contribution is 6.30. The number of anilines is 1. The third-order valence-corrected chi connectivity index (χ3v) is 3.15. The van der Waals surface area contributed by atoms with E-state index in [1.807, 2.05) is 24.3 Å². The Labute approximate surface area is 112 Å². The number of hydrogen-bond acceptors (Lipinski definition) is 3. The Morgan fingerprint density at radius 1 is 1.33 bits per heavy atom. The van der Waals surface area contributed by atoms with Crippen molar-refractivity contribution in [2.75, 3.05) is 5.73 Å². The summed E-state index contributed by atoms with van der Waals surface area (Å²) in [5, 5.41) is 4.74. The minimum Gasteiger partial charge on any atom is -0.367 e. The van der Waals surface area contributed by atoms with E-state index >= 15 is 0 Å². The Morgan fingerprint density at radius 3 is 2.89 bits per heavy atom. The average Bonchev–Trinajstić information content (AvgIpc) is 2.71. The van der Waals surface area contributed by atoms with Gasteiger partial charge >= 0.3 is 0 Å². The van der Waals surface area contributed by atoms with Crippen LogP contribution in [0.4, 0.5) is 5.88 Å². The van der Waals surface area contributed by atoms with Crippen molar-refractivity contribution < 1.29 is 4.52 Å². The minimum absolute atomic E-state index is 0.365. The maximum absolute atomic E-state index is 6.00. The topological polar surface area (TPSA) is 52.0 Å². The molecule has 0 fully saturated rings. The van der Waals surface area contributed by atoms with Gasteiger partial charge in [-0.2, -0.15) is 0 Å². The quantitative estimate of drug-likeness (QED) is 0.819. The van der Waals surface area contributed by atoms with Gasteiger partial charge in [0.05, 0.1) is 11.3 Å². The first-order valence-corrected chi connectivity index (χ1v) is 6.60. The molecule has 0 radical (unpaired) electrons. The second-order valence-corrected chi connectivity index (χ2v) is 4.77. The minimum atomic E-state index is 0.365. The summed E-state index contributed by atoms with van der Waals surface area (Å²) in [5.41, 5.74) is 8.62. The lowest BCUT2D eigenvalue weighted by Gasteiger charge is -2.03. The van der Waals surface area contributed by atoms with Crippen molar-refractivity contribution in [2.24, 2.45) is 0 Å². The molecule has 0 bridgehead atoms. The van der Waals surface area contributed by atoms with Gasteiger partial charge in [-0.15, -0.1) is 0 Å². The van der Waals surface area contributed by atoms with E-state index in [1.54, 1.807) is 0 Å². The van der Waals surface area contributed by atoms with Crippen molar-refractivity contribution in [3.05, 3.63) is 35.0 Å². The summed E-state index contributed by atoms with van der Waals surface area (Å²) in [4.78, 5) is 0. The van der Waals surface area contributed by atoms with Gasteiger partial charge in [-0.25, -0.2) is 0 Å². The predicted molar refractivity (Wildman–Crippen MR) is 74.6 cm³/mol. The van der Waals surface area contributed by atoms with E-state index in [0.717, 1.165) is 29.7 Å². The van der Waals surface area contributed by atoms with Gasteiger partial charge < -0.3 is 10.3 Å². The fourth-order valence-electron chi connectivity index (χ4n) is 2.00. The summed E-state index contributed by atoms with van der Waals surface area (Å²) in [7, 11) is 0. The van der Waals surface area contributed by atoms with E-state index in [4.69, 9.17) is 21.9 Å². The number of aryl methyl sites for hydroxylation is 1.